The number of aromatic nitrogens is 4. The summed E-state index contributed by atoms with van der Waals surface area (Å²) in [5, 5.41) is 27.1. The number of carboxylic acids is 1. The van der Waals surface area contributed by atoms with E-state index in [1.807, 2.05) is 0 Å². The van der Waals surface area contributed by atoms with Gasteiger partial charge in [0.15, 0.2) is 17.5 Å². The number of rotatable bonds is 6. The standard InChI is InChI=1S/C9H13N5O4.C5H11NO2/c1-18-8(17)4(2-15)14-3-11-5-6(14)12-9(10)13-7(5)16;1-3(2)4(6)5(7)8/h3-4,8,15,17H,2H2,1H3,(H3,10,12,13,16);3-4H,6H2,1-2H3,(H,7,8)/t;4-/m.0/s1. The van der Waals surface area contributed by atoms with Gasteiger partial charge in [-0.3, -0.25) is 14.6 Å². The molecular weight excluding hydrogens is 348 g/mol. The number of imidazole rings is 1. The number of nitrogen functional groups attached to an aromatic ring is 1. The van der Waals surface area contributed by atoms with Crippen LogP contribution in [0.2, 0.25) is 0 Å². The number of aromatic amines is 1. The van der Waals surface area contributed by atoms with Gasteiger partial charge in [0.1, 0.15) is 12.1 Å². The summed E-state index contributed by atoms with van der Waals surface area (Å²) >= 11 is 0. The molecule has 0 saturated carbocycles. The van der Waals surface area contributed by atoms with Crippen molar-refractivity contribution in [1.29, 1.82) is 0 Å². The lowest BCUT2D eigenvalue weighted by Gasteiger charge is -2.20. The van der Waals surface area contributed by atoms with E-state index in [0.717, 1.165) is 0 Å². The average molecular weight is 372 g/mol. The number of hydrogen-bond donors (Lipinski definition) is 6. The number of nitrogens with one attached hydrogen (secondary N) is 1. The largest absolute Gasteiger partial charge is 0.480 e. The Morgan fingerprint density at radius 1 is 1.46 bits per heavy atom. The normalized spacial score (nSPS) is 14.6. The SMILES string of the molecule is CC(C)[C@H](N)C(=O)O.COC(O)C(CO)n1cnc2c(=O)[nH]c(N)nc21. The molecule has 0 aliphatic carbocycles. The molecular formula is C14H24N6O6. The lowest BCUT2D eigenvalue weighted by Crippen LogP contribution is -2.34. The van der Waals surface area contributed by atoms with Crippen molar-refractivity contribution >= 4 is 23.1 Å². The predicted octanol–water partition coefficient (Wildman–Crippen LogP) is -1.75. The van der Waals surface area contributed by atoms with E-state index in [1.165, 1.54) is 18.0 Å². The van der Waals surface area contributed by atoms with Gasteiger partial charge in [-0.1, -0.05) is 13.8 Å². The van der Waals surface area contributed by atoms with Gasteiger partial charge in [0.2, 0.25) is 5.95 Å². The van der Waals surface area contributed by atoms with Crippen LogP contribution in [0.3, 0.4) is 0 Å². The number of carboxylic acid groups (broad SMARTS) is 1. The van der Waals surface area contributed by atoms with Crippen LogP contribution < -0.4 is 17.0 Å². The fraction of sp³-hybridized carbons (Fsp3) is 0.571. The molecule has 0 radical (unpaired) electrons. The van der Waals surface area contributed by atoms with Gasteiger partial charge < -0.3 is 36.1 Å². The van der Waals surface area contributed by atoms with Crippen LogP contribution in [-0.2, 0) is 9.53 Å². The third kappa shape index (κ3) is 4.98. The lowest BCUT2D eigenvalue weighted by atomic mass is 10.1. The Labute approximate surface area is 148 Å². The zero-order valence-corrected chi connectivity index (χ0v) is 14.7. The van der Waals surface area contributed by atoms with E-state index in [0.29, 0.717) is 0 Å². The van der Waals surface area contributed by atoms with Crippen molar-refractivity contribution in [1.82, 2.24) is 19.5 Å². The number of methoxy groups -OCH3 is 1. The second kappa shape index (κ2) is 9.24. The van der Waals surface area contributed by atoms with Crippen LogP contribution in [0.1, 0.15) is 19.9 Å². The number of aliphatic carboxylic acids is 1. The first-order chi connectivity index (χ1) is 12.1. The molecule has 2 rings (SSSR count). The van der Waals surface area contributed by atoms with Crippen molar-refractivity contribution in [3.05, 3.63) is 16.7 Å². The number of nitrogens with zero attached hydrogens (tertiary/aromatic N) is 3. The highest BCUT2D eigenvalue weighted by Crippen LogP contribution is 2.17. The Bertz CT molecular complexity index is 788. The lowest BCUT2D eigenvalue weighted by molar-refractivity contribution is -0.139. The minimum Gasteiger partial charge on any atom is -0.480 e. The van der Waals surface area contributed by atoms with E-state index >= 15 is 0 Å². The summed E-state index contributed by atoms with van der Waals surface area (Å²) in [7, 11) is 1.29. The molecule has 0 amide bonds. The van der Waals surface area contributed by atoms with Crippen molar-refractivity contribution in [3.8, 4) is 0 Å². The quantitative estimate of drug-likeness (QED) is 0.316. The first kappa shape index (κ1) is 21.5. The number of aliphatic hydroxyl groups excluding tert-OH is 2. The molecule has 0 aromatic carbocycles. The maximum absolute atomic E-state index is 11.6. The summed E-state index contributed by atoms with van der Waals surface area (Å²) in [6.07, 6.45) is 0.0323. The summed E-state index contributed by atoms with van der Waals surface area (Å²) in [6, 6.07) is -1.54. The van der Waals surface area contributed by atoms with E-state index in [9.17, 15) is 19.8 Å². The van der Waals surface area contributed by atoms with E-state index in [1.54, 1.807) is 13.8 Å². The van der Waals surface area contributed by atoms with Crippen LogP contribution in [0.25, 0.3) is 11.2 Å². The predicted molar refractivity (Wildman–Crippen MR) is 92.1 cm³/mol. The average Bonchev–Trinajstić information content (AvgIpc) is 2.99. The van der Waals surface area contributed by atoms with Crippen LogP contribution in [0.4, 0.5) is 5.95 Å². The first-order valence-electron chi connectivity index (χ1n) is 7.66. The molecule has 3 atom stereocenters. The Hall–Kier alpha value is -2.54. The molecule has 0 bridgehead atoms. The molecule has 2 unspecified atom stereocenters. The molecule has 0 spiro atoms. The summed E-state index contributed by atoms with van der Waals surface area (Å²) in [5.74, 6) is -0.981. The molecule has 0 saturated heterocycles. The Morgan fingerprint density at radius 2 is 2.08 bits per heavy atom. The van der Waals surface area contributed by atoms with Gasteiger partial charge in [-0.15, -0.1) is 0 Å². The monoisotopic (exact) mass is 372 g/mol. The third-order valence-electron chi connectivity index (χ3n) is 3.57. The van der Waals surface area contributed by atoms with Gasteiger partial charge in [0.25, 0.3) is 5.56 Å². The highest BCUT2D eigenvalue weighted by molar-refractivity contribution is 5.73. The highest BCUT2D eigenvalue weighted by atomic mass is 16.6. The van der Waals surface area contributed by atoms with Crippen LogP contribution in [0.15, 0.2) is 11.1 Å². The molecule has 26 heavy (non-hydrogen) atoms. The van der Waals surface area contributed by atoms with Crippen LogP contribution in [0, 0.1) is 5.92 Å². The summed E-state index contributed by atoms with van der Waals surface area (Å²) in [4.78, 5) is 31.7. The van der Waals surface area contributed by atoms with Gasteiger partial charge in [-0.2, -0.15) is 4.98 Å². The van der Waals surface area contributed by atoms with E-state index in [4.69, 9.17) is 21.3 Å². The molecule has 0 aliphatic heterocycles. The van der Waals surface area contributed by atoms with Gasteiger partial charge in [0, 0.05) is 7.11 Å². The van der Waals surface area contributed by atoms with Gasteiger partial charge in [0.05, 0.1) is 12.9 Å². The Balaban J connectivity index is 0.000000359. The molecule has 2 aromatic rings. The molecule has 12 nitrogen and oxygen atoms in total. The van der Waals surface area contributed by atoms with Crippen LogP contribution in [-0.4, -0.2) is 66.9 Å². The maximum Gasteiger partial charge on any atom is 0.320 e. The minimum atomic E-state index is -1.25. The molecule has 146 valence electrons. The van der Waals surface area contributed by atoms with E-state index < -0.39 is 36.5 Å². The van der Waals surface area contributed by atoms with Crippen LogP contribution >= 0.6 is 0 Å². The molecule has 12 heteroatoms. The Kier molecular flexibility index (Phi) is 7.64. The van der Waals surface area contributed by atoms with Gasteiger partial charge >= 0.3 is 5.97 Å². The van der Waals surface area contributed by atoms with Gasteiger partial charge in [-0.25, -0.2) is 4.98 Å². The van der Waals surface area contributed by atoms with Crippen molar-refractivity contribution in [2.75, 3.05) is 19.5 Å². The second-order valence-electron chi connectivity index (χ2n) is 5.76. The number of aliphatic hydroxyl groups is 2. The zero-order chi connectivity index (χ0) is 20.0. The number of H-pyrrole nitrogens is 1. The second-order valence-corrected chi connectivity index (χ2v) is 5.76. The number of carbonyl (C=O) groups is 1. The van der Waals surface area contributed by atoms with E-state index in [-0.39, 0.29) is 23.0 Å². The Morgan fingerprint density at radius 3 is 2.50 bits per heavy atom. The summed E-state index contributed by atoms with van der Waals surface area (Å²) in [6.45, 7) is 3.15. The van der Waals surface area contributed by atoms with Gasteiger partial charge in [-0.05, 0) is 5.92 Å². The fourth-order valence-electron chi connectivity index (χ4n) is 1.94. The third-order valence-corrected chi connectivity index (χ3v) is 3.57. The van der Waals surface area contributed by atoms with Crippen molar-refractivity contribution in [2.24, 2.45) is 11.7 Å². The number of anilines is 1. The maximum atomic E-state index is 11.6. The molecule has 0 aliphatic rings. The van der Waals surface area contributed by atoms with Crippen LogP contribution in [0.5, 0.6) is 0 Å². The number of fused-ring (bicyclic) bond motifs is 1. The van der Waals surface area contributed by atoms with Crippen molar-refractivity contribution in [2.45, 2.75) is 32.2 Å². The molecule has 8 N–H and O–H groups in total. The summed E-state index contributed by atoms with van der Waals surface area (Å²) < 4.78 is 6.08. The number of nitrogens with two attached hydrogens (primary N) is 2. The molecule has 2 aromatic heterocycles. The number of ether oxygens (including phenoxy) is 1. The molecule has 0 fully saturated rings. The highest BCUT2D eigenvalue weighted by Gasteiger charge is 2.23. The fourth-order valence-corrected chi connectivity index (χ4v) is 1.94. The topological polar surface area (TPSA) is 203 Å². The zero-order valence-electron chi connectivity index (χ0n) is 14.7. The molecule has 2 heterocycles. The minimum absolute atomic E-state index is 0.0208. The van der Waals surface area contributed by atoms with E-state index in [2.05, 4.69) is 15.0 Å². The smallest absolute Gasteiger partial charge is 0.320 e. The number of hydrogen-bond acceptors (Lipinski definition) is 9. The first-order valence-corrected chi connectivity index (χ1v) is 7.66. The van der Waals surface area contributed by atoms with Crippen molar-refractivity contribution < 1.29 is 24.9 Å². The van der Waals surface area contributed by atoms with Crippen molar-refractivity contribution in [3.63, 3.8) is 0 Å². The summed E-state index contributed by atoms with van der Waals surface area (Å²) in [5.41, 5.74) is 10.4.